The number of hydrogen-bond donors (Lipinski definition) is 0. The van der Waals surface area contributed by atoms with Gasteiger partial charge in [-0.15, -0.1) is 0 Å². The number of fused-ring (bicyclic) bond motifs is 2. The van der Waals surface area contributed by atoms with Gasteiger partial charge in [-0.25, -0.2) is 4.98 Å². The molecular weight excluding hydrogens is 378 g/mol. The lowest BCUT2D eigenvalue weighted by atomic mass is 9.53. The van der Waals surface area contributed by atoms with Crippen LogP contribution < -0.4 is 4.90 Å². The summed E-state index contributed by atoms with van der Waals surface area (Å²) in [4.78, 5) is 22.2. The number of ether oxygens (including phenoxy) is 2. The molecule has 1 aromatic rings. The molecule has 6 nitrogen and oxygen atoms in total. The standard InChI is InChI=1S/C24H33N3O3/c1-16-6-5-8-23(2)14-18-20(21-24(16,23)30-21)17(22(28)29-18)15-26-10-12-27(13-11-26)19-7-3-4-9-25-19/h3-4,7,9,16-18,20-21H,5-6,8,10-15H2,1-2H3/t16-,17?,18+,20+,21?,23+,24?/m0/s1. The molecule has 0 bridgehead atoms. The maximum Gasteiger partial charge on any atom is 0.311 e. The molecule has 6 heteroatoms. The highest BCUT2D eigenvalue weighted by atomic mass is 16.6. The van der Waals surface area contributed by atoms with Gasteiger partial charge in [0.15, 0.2) is 0 Å². The van der Waals surface area contributed by atoms with Crippen molar-refractivity contribution >= 4 is 11.8 Å². The molecule has 1 spiro atoms. The number of rotatable bonds is 3. The quantitative estimate of drug-likeness (QED) is 0.563. The Hall–Kier alpha value is -1.66. The summed E-state index contributed by atoms with van der Waals surface area (Å²) in [5, 5.41) is 0. The van der Waals surface area contributed by atoms with Crippen molar-refractivity contribution < 1.29 is 14.3 Å². The van der Waals surface area contributed by atoms with Crippen LogP contribution in [0.1, 0.15) is 39.5 Å². The van der Waals surface area contributed by atoms with Crippen molar-refractivity contribution in [3.05, 3.63) is 24.4 Å². The van der Waals surface area contributed by atoms with Gasteiger partial charge in [0.2, 0.25) is 0 Å². The Bertz CT molecular complexity index is 826. The van der Waals surface area contributed by atoms with E-state index in [2.05, 4.69) is 34.7 Å². The predicted octanol–water partition coefficient (Wildman–Crippen LogP) is 2.73. The molecule has 5 aliphatic rings. The van der Waals surface area contributed by atoms with Gasteiger partial charge in [0, 0.05) is 50.3 Å². The van der Waals surface area contributed by atoms with Crippen LogP contribution in [0.5, 0.6) is 0 Å². The monoisotopic (exact) mass is 411 g/mol. The molecule has 162 valence electrons. The number of hydrogen-bond acceptors (Lipinski definition) is 6. The van der Waals surface area contributed by atoms with Crippen molar-refractivity contribution in [1.29, 1.82) is 0 Å². The van der Waals surface area contributed by atoms with Crippen molar-refractivity contribution in [2.45, 2.75) is 57.3 Å². The fourth-order valence-electron chi connectivity index (χ4n) is 7.42. The molecule has 0 amide bonds. The molecule has 6 rings (SSSR count). The van der Waals surface area contributed by atoms with E-state index >= 15 is 0 Å². The number of esters is 1. The first kappa shape index (κ1) is 19.1. The first-order chi connectivity index (χ1) is 14.5. The zero-order valence-corrected chi connectivity index (χ0v) is 18.1. The topological polar surface area (TPSA) is 58.2 Å². The lowest BCUT2D eigenvalue weighted by Crippen LogP contribution is -2.55. The Morgan fingerprint density at radius 2 is 2.07 bits per heavy atom. The summed E-state index contributed by atoms with van der Waals surface area (Å²) in [6.45, 7) is 9.37. The van der Waals surface area contributed by atoms with Gasteiger partial charge >= 0.3 is 5.97 Å². The molecular formula is C24H33N3O3. The third-order valence-electron chi connectivity index (χ3n) is 8.99. The highest BCUT2D eigenvalue weighted by Gasteiger charge is 2.78. The van der Waals surface area contributed by atoms with Crippen molar-refractivity contribution in [2.24, 2.45) is 23.2 Å². The molecule has 3 saturated heterocycles. The number of carbonyl (C=O) groups excluding carboxylic acids is 1. The van der Waals surface area contributed by atoms with E-state index in [0.29, 0.717) is 5.92 Å². The van der Waals surface area contributed by atoms with Gasteiger partial charge < -0.3 is 14.4 Å². The summed E-state index contributed by atoms with van der Waals surface area (Å²) in [6.07, 6.45) is 6.81. The molecule has 3 unspecified atom stereocenters. The number of piperazine rings is 1. The van der Waals surface area contributed by atoms with Crippen molar-refractivity contribution in [3.63, 3.8) is 0 Å². The normalized spacial score (nSPS) is 45.3. The number of anilines is 1. The summed E-state index contributed by atoms with van der Waals surface area (Å²) in [7, 11) is 0. The molecule has 2 saturated carbocycles. The highest BCUT2D eigenvalue weighted by molar-refractivity contribution is 5.76. The van der Waals surface area contributed by atoms with Crippen LogP contribution in [-0.4, -0.2) is 66.4 Å². The van der Waals surface area contributed by atoms with Crippen molar-refractivity contribution in [2.75, 3.05) is 37.6 Å². The maximum absolute atomic E-state index is 12.9. The molecule has 4 heterocycles. The van der Waals surface area contributed by atoms with Gasteiger partial charge in [-0.1, -0.05) is 26.3 Å². The van der Waals surface area contributed by atoms with Crippen LogP contribution in [-0.2, 0) is 14.3 Å². The third kappa shape index (κ3) is 2.62. The Balaban J connectivity index is 1.15. The van der Waals surface area contributed by atoms with E-state index in [1.165, 1.54) is 19.3 Å². The van der Waals surface area contributed by atoms with Gasteiger partial charge in [0.05, 0.1) is 12.0 Å². The van der Waals surface area contributed by atoms with Crippen LogP contribution in [0.3, 0.4) is 0 Å². The predicted molar refractivity (Wildman–Crippen MR) is 113 cm³/mol. The molecule has 30 heavy (non-hydrogen) atoms. The number of nitrogens with zero attached hydrogens (tertiary/aromatic N) is 3. The van der Waals surface area contributed by atoms with Gasteiger partial charge in [-0.05, 0) is 37.3 Å². The molecule has 1 aromatic heterocycles. The third-order valence-corrected chi connectivity index (χ3v) is 8.99. The summed E-state index contributed by atoms with van der Waals surface area (Å²) < 4.78 is 12.6. The Morgan fingerprint density at radius 1 is 1.23 bits per heavy atom. The Morgan fingerprint density at radius 3 is 2.83 bits per heavy atom. The second-order valence-corrected chi connectivity index (χ2v) is 10.5. The molecule has 7 atom stereocenters. The van der Waals surface area contributed by atoms with E-state index < -0.39 is 0 Å². The number of aromatic nitrogens is 1. The summed E-state index contributed by atoms with van der Waals surface area (Å²) >= 11 is 0. The Kier molecular flexibility index (Phi) is 4.24. The van der Waals surface area contributed by atoms with E-state index in [4.69, 9.17) is 9.47 Å². The molecule has 0 aromatic carbocycles. The fourth-order valence-corrected chi connectivity index (χ4v) is 7.42. The van der Waals surface area contributed by atoms with Crippen molar-refractivity contribution in [1.82, 2.24) is 9.88 Å². The lowest BCUT2D eigenvalue weighted by Gasteiger charge is -2.49. The summed E-state index contributed by atoms with van der Waals surface area (Å²) in [6, 6.07) is 6.07. The van der Waals surface area contributed by atoms with Crippen molar-refractivity contribution in [3.8, 4) is 0 Å². The van der Waals surface area contributed by atoms with Crippen LogP contribution in [0.25, 0.3) is 0 Å². The van der Waals surface area contributed by atoms with Gasteiger partial charge in [0.25, 0.3) is 0 Å². The average molecular weight is 412 g/mol. The minimum absolute atomic E-state index is 0.00365. The molecule has 2 aliphatic carbocycles. The number of carbonyl (C=O) groups is 1. The van der Waals surface area contributed by atoms with Crippen LogP contribution >= 0.6 is 0 Å². The second-order valence-electron chi connectivity index (χ2n) is 10.5. The van der Waals surface area contributed by atoms with Gasteiger partial charge in [-0.3, -0.25) is 9.69 Å². The van der Waals surface area contributed by atoms with E-state index in [-0.39, 0.29) is 41.0 Å². The lowest BCUT2D eigenvalue weighted by molar-refractivity contribution is -0.146. The van der Waals surface area contributed by atoms with Crippen LogP contribution in [0.15, 0.2) is 24.4 Å². The van der Waals surface area contributed by atoms with Crippen LogP contribution in [0, 0.1) is 23.2 Å². The first-order valence-corrected chi connectivity index (χ1v) is 11.8. The number of epoxide rings is 1. The minimum atomic E-state index is -0.0422. The van der Waals surface area contributed by atoms with Crippen LogP contribution in [0.2, 0.25) is 0 Å². The van der Waals surface area contributed by atoms with E-state index in [1.54, 1.807) is 0 Å². The van der Waals surface area contributed by atoms with E-state index in [9.17, 15) is 4.79 Å². The largest absolute Gasteiger partial charge is 0.462 e. The minimum Gasteiger partial charge on any atom is -0.462 e. The maximum atomic E-state index is 12.9. The molecule has 0 N–H and O–H groups in total. The second kappa shape index (κ2) is 6.67. The zero-order valence-electron chi connectivity index (χ0n) is 18.1. The fraction of sp³-hybridized carbons (Fsp3) is 0.750. The molecule has 3 aliphatic heterocycles. The van der Waals surface area contributed by atoms with Crippen LogP contribution in [0.4, 0.5) is 5.82 Å². The summed E-state index contributed by atoms with van der Waals surface area (Å²) in [5.41, 5.74) is 0.163. The Labute approximate surface area is 178 Å². The zero-order chi connectivity index (χ0) is 20.5. The van der Waals surface area contributed by atoms with E-state index in [1.807, 2.05) is 18.3 Å². The summed E-state index contributed by atoms with van der Waals surface area (Å²) in [5.74, 6) is 1.83. The van der Waals surface area contributed by atoms with E-state index in [0.717, 1.165) is 45.0 Å². The SMILES string of the molecule is C[C@H]1CCC[C@]2(C)C[C@H]3OC(=O)C(CN4CCN(c5ccccn5)CC4)[C@H]3C3OC312. The highest BCUT2D eigenvalue weighted by Crippen LogP contribution is 2.70. The molecule has 0 radical (unpaired) electrons. The smallest absolute Gasteiger partial charge is 0.311 e. The molecule has 5 fully saturated rings. The number of pyridine rings is 1. The van der Waals surface area contributed by atoms with Gasteiger partial charge in [0.1, 0.15) is 17.5 Å². The van der Waals surface area contributed by atoms with Gasteiger partial charge in [-0.2, -0.15) is 0 Å². The average Bonchev–Trinajstić information content (AvgIpc) is 3.44. The first-order valence-electron chi connectivity index (χ1n) is 11.8.